The van der Waals surface area contributed by atoms with Gasteiger partial charge in [0.15, 0.2) is 0 Å². The molecule has 0 N–H and O–H groups in total. The zero-order valence-electron chi connectivity index (χ0n) is 9.24. The van der Waals surface area contributed by atoms with Gasteiger partial charge in [0.05, 0.1) is 0 Å². The number of hydrogen-bond acceptors (Lipinski definition) is 3. The average Bonchev–Trinajstić information content (AvgIpc) is 2.55. The molecule has 1 atom stereocenters. The third kappa shape index (κ3) is 3.29. The summed E-state index contributed by atoms with van der Waals surface area (Å²) in [6, 6.07) is 3.87. The fourth-order valence-corrected chi connectivity index (χ4v) is 5.86. The average molecular weight is 305 g/mol. The molecule has 1 unspecified atom stereocenters. The van der Waals surface area contributed by atoms with E-state index in [4.69, 9.17) is 13.9 Å². The first kappa shape index (κ1) is 12.1. The van der Waals surface area contributed by atoms with E-state index in [1.165, 1.54) is 0 Å². The zero-order valence-corrected chi connectivity index (χ0v) is 12.1. The molecule has 0 spiro atoms. The maximum atomic E-state index is 5.68. The number of methoxy groups -OCH3 is 1. The van der Waals surface area contributed by atoms with Crippen molar-refractivity contribution in [1.82, 2.24) is 0 Å². The first-order valence-corrected chi connectivity index (χ1v) is 14.9. The van der Waals surface area contributed by atoms with E-state index in [-0.39, 0.29) is 4.12 Å². The van der Waals surface area contributed by atoms with Crippen LogP contribution in [0.5, 0.6) is 0 Å². The molecule has 1 heterocycles. The van der Waals surface area contributed by atoms with Crippen LogP contribution in [0.25, 0.3) is 0 Å². The van der Waals surface area contributed by atoms with Gasteiger partial charge in [0.1, 0.15) is 0 Å². The molecule has 1 aromatic rings. The van der Waals surface area contributed by atoms with Gasteiger partial charge in [-0.15, -0.1) is 0 Å². The first-order valence-electron chi connectivity index (χ1n) is 4.69. The van der Waals surface area contributed by atoms with Gasteiger partial charge in [0.2, 0.25) is 0 Å². The van der Waals surface area contributed by atoms with Gasteiger partial charge < -0.3 is 0 Å². The van der Waals surface area contributed by atoms with Crippen molar-refractivity contribution in [3.8, 4) is 0 Å². The molecule has 80 valence electrons. The summed E-state index contributed by atoms with van der Waals surface area (Å²) in [6.07, 6.45) is 1.69. The Labute approximate surface area is 89.3 Å². The molecule has 0 aliphatic carbocycles. The van der Waals surface area contributed by atoms with Crippen molar-refractivity contribution in [2.24, 2.45) is 0 Å². The van der Waals surface area contributed by atoms with Crippen LogP contribution in [0.4, 0.5) is 0 Å². The molecular formula is C10H18O3Sn. The van der Waals surface area contributed by atoms with Gasteiger partial charge in [0.25, 0.3) is 0 Å². The van der Waals surface area contributed by atoms with Crippen LogP contribution in [0.3, 0.4) is 0 Å². The van der Waals surface area contributed by atoms with E-state index in [1.807, 2.05) is 12.1 Å². The number of rotatable bonds is 5. The molecule has 0 amide bonds. The van der Waals surface area contributed by atoms with Crippen molar-refractivity contribution in [2.75, 3.05) is 13.9 Å². The fourth-order valence-electron chi connectivity index (χ4n) is 1.34. The minimum atomic E-state index is -2.15. The molecule has 1 rings (SSSR count). The Balaban J connectivity index is 2.73. The SMILES string of the molecule is COCO[CH](c1ccco1)[Sn]([CH3])([CH3])[CH3]. The van der Waals surface area contributed by atoms with E-state index < -0.39 is 18.4 Å². The van der Waals surface area contributed by atoms with Gasteiger partial charge in [-0.25, -0.2) is 0 Å². The second-order valence-electron chi connectivity index (χ2n) is 4.33. The minimum absolute atomic E-state index is 0.138. The fraction of sp³-hybridized carbons (Fsp3) is 0.600. The Morgan fingerprint density at radius 1 is 1.43 bits per heavy atom. The Bertz CT molecular complexity index is 251. The van der Waals surface area contributed by atoms with Crippen LogP contribution in [0.1, 0.15) is 9.88 Å². The van der Waals surface area contributed by atoms with Gasteiger partial charge >= 0.3 is 89.3 Å². The Hall–Kier alpha value is -0.00130. The summed E-state index contributed by atoms with van der Waals surface area (Å²) in [5, 5.41) is 0. The first-order chi connectivity index (χ1) is 6.55. The van der Waals surface area contributed by atoms with E-state index in [9.17, 15) is 0 Å². The molecule has 0 radical (unpaired) electrons. The third-order valence-corrected chi connectivity index (χ3v) is 7.72. The van der Waals surface area contributed by atoms with Gasteiger partial charge in [-0.3, -0.25) is 0 Å². The van der Waals surface area contributed by atoms with Crippen LogP contribution in [0, 0.1) is 0 Å². The van der Waals surface area contributed by atoms with Crippen LogP contribution in [0.15, 0.2) is 22.8 Å². The molecule has 0 aromatic carbocycles. The van der Waals surface area contributed by atoms with Gasteiger partial charge in [0, 0.05) is 0 Å². The van der Waals surface area contributed by atoms with E-state index in [2.05, 4.69) is 14.8 Å². The molecule has 0 fully saturated rings. The van der Waals surface area contributed by atoms with Crippen LogP contribution < -0.4 is 0 Å². The van der Waals surface area contributed by atoms with Crippen LogP contribution in [-0.4, -0.2) is 32.3 Å². The summed E-state index contributed by atoms with van der Waals surface area (Å²) in [7, 11) is 1.64. The summed E-state index contributed by atoms with van der Waals surface area (Å²) < 4.78 is 16.1. The third-order valence-electron chi connectivity index (χ3n) is 1.94. The molecule has 1 aromatic heterocycles. The molecule has 0 saturated carbocycles. The van der Waals surface area contributed by atoms with Crippen molar-refractivity contribution in [3.63, 3.8) is 0 Å². The van der Waals surface area contributed by atoms with Gasteiger partial charge in [-0.1, -0.05) is 0 Å². The molecule has 0 aliphatic heterocycles. The van der Waals surface area contributed by atoms with E-state index in [0.29, 0.717) is 6.79 Å². The number of furan rings is 1. The second-order valence-corrected chi connectivity index (χ2v) is 19.3. The molecule has 14 heavy (non-hydrogen) atoms. The summed E-state index contributed by atoms with van der Waals surface area (Å²) in [5.41, 5.74) is 0. The number of ether oxygens (including phenoxy) is 2. The quantitative estimate of drug-likeness (QED) is 0.619. The summed E-state index contributed by atoms with van der Waals surface area (Å²) in [4.78, 5) is 6.95. The summed E-state index contributed by atoms with van der Waals surface area (Å²) >= 11 is -2.15. The zero-order chi connectivity index (χ0) is 10.6. The normalized spacial score (nSPS) is 14.3. The van der Waals surface area contributed by atoms with E-state index in [1.54, 1.807) is 13.4 Å². The van der Waals surface area contributed by atoms with E-state index >= 15 is 0 Å². The topological polar surface area (TPSA) is 31.6 Å². The Kier molecular flexibility index (Phi) is 4.47. The van der Waals surface area contributed by atoms with Crippen molar-refractivity contribution in [1.29, 1.82) is 0 Å². The summed E-state index contributed by atoms with van der Waals surface area (Å²) in [5.74, 6) is 0.936. The predicted molar refractivity (Wildman–Crippen MR) is 57.8 cm³/mol. The van der Waals surface area contributed by atoms with Crippen LogP contribution in [0.2, 0.25) is 14.8 Å². The molecule has 4 heteroatoms. The molecule has 0 bridgehead atoms. The number of hydrogen-bond donors (Lipinski definition) is 0. The Morgan fingerprint density at radius 3 is 2.57 bits per heavy atom. The van der Waals surface area contributed by atoms with Crippen molar-refractivity contribution < 1.29 is 13.9 Å². The molecule has 3 nitrogen and oxygen atoms in total. The second kappa shape index (κ2) is 5.18. The molecule has 0 saturated heterocycles. The van der Waals surface area contributed by atoms with E-state index in [0.717, 1.165) is 5.76 Å². The molecule has 0 aliphatic rings. The standard InChI is InChI=1S/C7H9O3.3CH3.Sn/c1-8-6-9-5-7-3-2-4-10-7;;;;/h2-5H,6H2,1H3;3*1H3;. The van der Waals surface area contributed by atoms with Crippen LogP contribution in [-0.2, 0) is 9.47 Å². The van der Waals surface area contributed by atoms with Crippen molar-refractivity contribution >= 4 is 18.4 Å². The van der Waals surface area contributed by atoms with Crippen molar-refractivity contribution in [2.45, 2.75) is 18.9 Å². The Morgan fingerprint density at radius 2 is 2.14 bits per heavy atom. The predicted octanol–water partition coefficient (Wildman–Crippen LogP) is 2.82. The maximum absolute atomic E-state index is 5.68. The van der Waals surface area contributed by atoms with Crippen LogP contribution >= 0.6 is 0 Å². The van der Waals surface area contributed by atoms with Gasteiger partial charge in [-0.05, 0) is 0 Å². The molecular weight excluding hydrogens is 287 g/mol. The van der Waals surface area contributed by atoms with Crippen molar-refractivity contribution in [3.05, 3.63) is 24.2 Å². The summed E-state index contributed by atoms with van der Waals surface area (Å²) in [6.45, 7) is 0.333. The van der Waals surface area contributed by atoms with Gasteiger partial charge in [-0.2, -0.15) is 0 Å². The monoisotopic (exact) mass is 306 g/mol.